The predicted molar refractivity (Wildman–Crippen MR) is 104 cm³/mol. The number of ether oxygens (including phenoxy) is 1. The van der Waals surface area contributed by atoms with Gasteiger partial charge in [0.1, 0.15) is 18.1 Å². The third kappa shape index (κ3) is 5.17. The summed E-state index contributed by atoms with van der Waals surface area (Å²) in [4.78, 5) is 21.9. The monoisotopic (exact) mass is 438 g/mol. The number of halogens is 2. The van der Waals surface area contributed by atoms with Gasteiger partial charge in [0.2, 0.25) is 10.0 Å². The number of hydrogen-bond acceptors (Lipinski definition) is 6. The van der Waals surface area contributed by atoms with Crippen molar-refractivity contribution in [3.8, 4) is 22.8 Å². The van der Waals surface area contributed by atoms with E-state index in [9.17, 15) is 17.6 Å². The van der Waals surface area contributed by atoms with Crippen LogP contribution in [0.3, 0.4) is 0 Å². The van der Waals surface area contributed by atoms with Crippen molar-refractivity contribution in [2.24, 2.45) is 0 Å². The number of carbonyl (C=O) groups excluding carboxylic acids is 1. The van der Waals surface area contributed by atoms with Gasteiger partial charge in [-0.1, -0.05) is 11.6 Å². The second-order valence-electron chi connectivity index (χ2n) is 5.89. The van der Waals surface area contributed by atoms with Crippen molar-refractivity contribution < 1.29 is 22.3 Å². The Hall–Kier alpha value is -2.82. The number of hydrogen-bond donors (Lipinski definition) is 2. The molecule has 0 fully saturated rings. The summed E-state index contributed by atoms with van der Waals surface area (Å²) in [7, 11) is -3.82. The lowest BCUT2D eigenvalue weighted by Gasteiger charge is -2.09. The summed E-state index contributed by atoms with van der Waals surface area (Å²) in [5.74, 6) is -0.534. The number of aromatic nitrogens is 3. The Kier molecular flexibility index (Phi) is 6.26. The van der Waals surface area contributed by atoms with Gasteiger partial charge >= 0.3 is 5.97 Å². The third-order valence-electron chi connectivity index (χ3n) is 3.79. The minimum Gasteiger partial charge on any atom is -0.464 e. The summed E-state index contributed by atoms with van der Waals surface area (Å²) in [6.45, 7) is 1.10. The number of pyridine rings is 1. The highest BCUT2D eigenvalue weighted by Crippen LogP contribution is 2.30. The maximum Gasteiger partial charge on any atom is 0.302 e. The number of benzene rings is 1. The number of esters is 1. The second-order valence-corrected chi connectivity index (χ2v) is 8.06. The zero-order chi connectivity index (χ0) is 21.0. The molecular formula is C18H16ClFN4O4S. The van der Waals surface area contributed by atoms with E-state index >= 15 is 0 Å². The van der Waals surface area contributed by atoms with Crippen LogP contribution in [0, 0.1) is 5.82 Å². The Bertz CT molecular complexity index is 1130. The molecule has 0 aliphatic carbocycles. The molecule has 0 aliphatic heterocycles. The van der Waals surface area contributed by atoms with Gasteiger partial charge in [-0.05, 0) is 30.3 Å². The summed E-state index contributed by atoms with van der Waals surface area (Å²) in [6, 6.07) is 6.99. The Balaban J connectivity index is 1.77. The van der Waals surface area contributed by atoms with Crippen molar-refractivity contribution in [1.82, 2.24) is 19.7 Å². The number of nitrogens with zero attached hydrogens (tertiary/aromatic N) is 2. The predicted octanol–water partition coefficient (Wildman–Crippen LogP) is 2.77. The molecule has 0 saturated heterocycles. The molecule has 2 heterocycles. The van der Waals surface area contributed by atoms with Crippen LogP contribution in [0.5, 0.6) is 0 Å². The molecule has 8 nitrogen and oxygen atoms in total. The number of rotatable bonds is 7. The van der Waals surface area contributed by atoms with Gasteiger partial charge < -0.3 is 9.72 Å². The Labute approximate surface area is 171 Å². The van der Waals surface area contributed by atoms with Crippen LogP contribution in [-0.4, -0.2) is 42.5 Å². The molecule has 11 heteroatoms. The van der Waals surface area contributed by atoms with Crippen LogP contribution in [0.2, 0.25) is 5.02 Å². The van der Waals surface area contributed by atoms with Gasteiger partial charge in [-0.15, -0.1) is 0 Å². The molecule has 0 amide bonds. The molecule has 2 aromatic heterocycles. The lowest BCUT2D eigenvalue weighted by Crippen LogP contribution is -2.28. The Morgan fingerprint density at radius 2 is 2.03 bits per heavy atom. The molecule has 0 bridgehead atoms. The lowest BCUT2D eigenvalue weighted by atomic mass is 10.2. The highest BCUT2D eigenvalue weighted by Gasteiger charge is 2.17. The largest absolute Gasteiger partial charge is 0.464 e. The molecule has 29 heavy (non-hydrogen) atoms. The van der Waals surface area contributed by atoms with Gasteiger partial charge in [0.25, 0.3) is 0 Å². The van der Waals surface area contributed by atoms with E-state index in [0.717, 1.165) is 6.20 Å². The normalized spacial score (nSPS) is 11.4. The van der Waals surface area contributed by atoms with E-state index in [1.165, 1.54) is 37.4 Å². The van der Waals surface area contributed by atoms with E-state index in [4.69, 9.17) is 16.3 Å². The van der Waals surface area contributed by atoms with E-state index < -0.39 is 21.8 Å². The standard InChI is InChI=1S/C18H16ClFN4O4S/c1-11(25)28-7-6-23-29(26,27)13-3-4-14(15(19)8-13)17-10-22-18(24-17)16-5-2-12(20)9-21-16/h2-5,8-10,23H,6-7H2,1H3,(H,22,24). The number of aromatic amines is 1. The molecule has 0 saturated carbocycles. The SMILES string of the molecule is CC(=O)OCCNS(=O)(=O)c1ccc(-c2cnc(-c3ccc(F)cn3)[nH]2)c(Cl)c1. The molecule has 0 unspecified atom stereocenters. The van der Waals surface area contributed by atoms with Crippen molar-refractivity contribution in [2.45, 2.75) is 11.8 Å². The summed E-state index contributed by atoms with van der Waals surface area (Å²) in [6.07, 6.45) is 2.60. The fraction of sp³-hybridized carbons (Fsp3) is 0.167. The number of imidazole rings is 1. The molecule has 2 N–H and O–H groups in total. The van der Waals surface area contributed by atoms with Crippen molar-refractivity contribution in [2.75, 3.05) is 13.2 Å². The first-order valence-electron chi connectivity index (χ1n) is 8.36. The average Bonchev–Trinajstić information content (AvgIpc) is 3.15. The summed E-state index contributed by atoms with van der Waals surface area (Å²) in [5, 5.41) is 0.190. The van der Waals surface area contributed by atoms with Gasteiger partial charge in [0.15, 0.2) is 5.82 Å². The smallest absolute Gasteiger partial charge is 0.302 e. The molecule has 0 radical (unpaired) electrons. The van der Waals surface area contributed by atoms with Gasteiger partial charge in [-0.3, -0.25) is 4.79 Å². The van der Waals surface area contributed by atoms with Crippen molar-refractivity contribution in [1.29, 1.82) is 0 Å². The first kappa shape index (κ1) is 20.9. The van der Waals surface area contributed by atoms with E-state index in [-0.39, 0.29) is 23.1 Å². The fourth-order valence-electron chi connectivity index (χ4n) is 2.44. The molecule has 152 valence electrons. The van der Waals surface area contributed by atoms with Crippen LogP contribution in [-0.2, 0) is 19.6 Å². The third-order valence-corrected chi connectivity index (χ3v) is 5.56. The maximum atomic E-state index is 13.0. The van der Waals surface area contributed by atoms with Gasteiger partial charge in [-0.25, -0.2) is 27.5 Å². The molecule has 0 aliphatic rings. The van der Waals surface area contributed by atoms with Crippen molar-refractivity contribution >= 4 is 27.6 Å². The zero-order valence-electron chi connectivity index (χ0n) is 15.1. The average molecular weight is 439 g/mol. The number of nitrogens with one attached hydrogen (secondary N) is 2. The highest BCUT2D eigenvalue weighted by atomic mass is 35.5. The number of carbonyl (C=O) groups is 1. The van der Waals surface area contributed by atoms with E-state index in [1.807, 2.05) is 0 Å². The Morgan fingerprint density at radius 3 is 2.69 bits per heavy atom. The van der Waals surface area contributed by atoms with Gasteiger partial charge in [-0.2, -0.15) is 0 Å². The first-order chi connectivity index (χ1) is 13.8. The summed E-state index contributed by atoms with van der Waals surface area (Å²) in [5.41, 5.74) is 1.53. The van der Waals surface area contributed by atoms with Crippen molar-refractivity contribution in [3.63, 3.8) is 0 Å². The van der Waals surface area contributed by atoms with Crippen LogP contribution < -0.4 is 4.72 Å². The van der Waals surface area contributed by atoms with Gasteiger partial charge in [0.05, 0.1) is 28.0 Å². The molecule has 0 atom stereocenters. The molecule has 3 aromatic rings. The quantitative estimate of drug-likeness (QED) is 0.433. The van der Waals surface area contributed by atoms with E-state index in [0.29, 0.717) is 22.8 Å². The van der Waals surface area contributed by atoms with Crippen LogP contribution in [0.4, 0.5) is 4.39 Å². The van der Waals surface area contributed by atoms with E-state index in [1.54, 1.807) is 6.07 Å². The number of H-pyrrole nitrogens is 1. The zero-order valence-corrected chi connectivity index (χ0v) is 16.7. The van der Waals surface area contributed by atoms with E-state index in [2.05, 4.69) is 19.7 Å². The van der Waals surface area contributed by atoms with Crippen molar-refractivity contribution in [3.05, 3.63) is 53.6 Å². The molecular weight excluding hydrogens is 423 g/mol. The van der Waals surface area contributed by atoms with Crippen LogP contribution >= 0.6 is 11.6 Å². The first-order valence-corrected chi connectivity index (χ1v) is 10.2. The minimum atomic E-state index is -3.82. The number of sulfonamides is 1. The topological polar surface area (TPSA) is 114 Å². The maximum absolute atomic E-state index is 13.0. The van der Waals surface area contributed by atoms with Crippen LogP contribution in [0.1, 0.15) is 6.92 Å². The highest BCUT2D eigenvalue weighted by molar-refractivity contribution is 7.89. The lowest BCUT2D eigenvalue weighted by molar-refractivity contribution is -0.140. The summed E-state index contributed by atoms with van der Waals surface area (Å²) >= 11 is 6.27. The van der Waals surface area contributed by atoms with Crippen LogP contribution in [0.25, 0.3) is 22.8 Å². The summed E-state index contributed by atoms with van der Waals surface area (Å²) < 4.78 is 44.7. The molecule has 1 aromatic carbocycles. The van der Waals surface area contributed by atoms with Gasteiger partial charge in [0, 0.05) is 19.0 Å². The second kappa shape index (κ2) is 8.68. The van der Waals surface area contributed by atoms with Crippen LogP contribution in [0.15, 0.2) is 47.6 Å². The fourth-order valence-corrected chi connectivity index (χ4v) is 3.83. The minimum absolute atomic E-state index is 0.0333. The Morgan fingerprint density at radius 1 is 1.24 bits per heavy atom. The molecule has 0 spiro atoms. The molecule has 3 rings (SSSR count).